The molecule has 1 fully saturated rings. The number of hydrogen-bond donors (Lipinski definition) is 1. The molecule has 0 unspecified atom stereocenters. The van der Waals surface area contributed by atoms with Crippen LogP contribution in [0.4, 0.5) is 5.69 Å². The summed E-state index contributed by atoms with van der Waals surface area (Å²) in [5, 5.41) is 3.13. The summed E-state index contributed by atoms with van der Waals surface area (Å²) in [6.07, 6.45) is 2.12. The summed E-state index contributed by atoms with van der Waals surface area (Å²) in [5.74, 6) is 0.769. The lowest BCUT2D eigenvalue weighted by Crippen LogP contribution is -2.41. The van der Waals surface area contributed by atoms with Crippen molar-refractivity contribution in [2.75, 3.05) is 32.6 Å². The molecular weight excluding hydrogens is 380 g/mol. The van der Waals surface area contributed by atoms with Crippen molar-refractivity contribution in [3.8, 4) is 11.5 Å². The number of rotatable bonds is 6. The first-order valence-electron chi connectivity index (χ1n) is 10.4. The molecule has 0 aromatic heterocycles. The van der Waals surface area contributed by atoms with E-state index >= 15 is 0 Å². The van der Waals surface area contributed by atoms with Gasteiger partial charge in [-0.15, -0.1) is 0 Å². The third kappa shape index (κ3) is 4.42. The van der Waals surface area contributed by atoms with Crippen molar-refractivity contribution in [1.29, 1.82) is 0 Å². The number of carbonyl (C=O) groups excluding carboxylic acids is 2. The predicted octanol–water partition coefficient (Wildman–Crippen LogP) is 4.07. The number of methoxy groups -OCH3 is 2. The van der Waals surface area contributed by atoms with Gasteiger partial charge in [-0.3, -0.25) is 9.59 Å². The van der Waals surface area contributed by atoms with Gasteiger partial charge < -0.3 is 19.7 Å². The maximum atomic E-state index is 13.1. The van der Waals surface area contributed by atoms with Gasteiger partial charge in [-0.05, 0) is 49.4 Å². The number of nitrogens with zero attached hydrogens (tertiary/aromatic N) is 1. The first-order valence-corrected chi connectivity index (χ1v) is 10.4. The van der Waals surface area contributed by atoms with Crippen LogP contribution in [0.3, 0.4) is 0 Å². The van der Waals surface area contributed by atoms with E-state index in [9.17, 15) is 9.59 Å². The molecule has 1 N–H and O–H groups in total. The Balaban J connectivity index is 1.67. The molecule has 2 aromatic rings. The monoisotopic (exact) mass is 410 g/mol. The summed E-state index contributed by atoms with van der Waals surface area (Å²) in [6, 6.07) is 11.4. The van der Waals surface area contributed by atoms with E-state index in [1.807, 2.05) is 25.1 Å². The van der Waals surface area contributed by atoms with E-state index in [4.69, 9.17) is 9.47 Å². The number of amides is 2. The average molecular weight is 411 g/mol. The number of para-hydroxylation sites is 1. The summed E-state index contributed by atoms with van der Waals surface area (Å²) in [5.41, 5.74) is 3.55. The summed E-state index contributed by atoms with van der Waals surface area (Å²) in [6.45, 7) is 5.14. The number of carbonyl (C=O) groups is 2. The Morgan fingerprint density at radius 1 is 1.03 bits per heavy atom. The maximum absolute atomic E-state index is 13.1. The van der Waals surface area contributed by atoms with Crippen LogP contribution < -0.4 is 14.8 Å². The van der Waals surface area contributed by atoms with Crippen LogP contribution in [0, 0.1) is 12.8 Å². The molecule has 0 spiro atoms. The molecule has 2 amide bonds. The number of piperidine rings is 1. The van der Waals surface area contributed by atoms with Crippen LogP contribution in [0.25, 0.3) is 0 Å². The van der Waals surface area contributed by atoms with Gasteiger partial charge in [0.05, 0.1) is 14.2 Å². The fraction of sp³-hybridized carbons (Fsp3) is 0.417. The Labute approximate surface area is 178 Å². The van der Waals surface area contributed by atoms with E-state index in [1.54, 1.807) is 23.1 Å². The van der Waals surface area contributed by atoms with Gasteiger partial charge in [0.25, 0.3) is 5.91 Å². The Kier molecular flexibility index (Phi) is 6.98. The van der Waals surface area contributed by atoms with Crippen molar-refractivity contribution in [3.05, 3.63) is 53.1 Å². The van der Waals surface area contributed by atoms with E-state index in [2.05, 4.69) is 12.2 Å². The second kappa shape index (κ2) is 9.65. The molecular formula is C24H30N2O4. The normalized spacial score (nSPS) is 14.3. The minimum atomic E-state index is -0.129. The van der Waals surface area contributed by atoms with Crippen molar-refractivity contribution in [3.63, 3.8) is 0 Å². The molecule has 6 heteroatoms. The third-order valence-corrected chi connectivity index (χ3v) is 5.78. The van der Waals surface area contributed by atoms with Crippen molar-refractivity contribution >= 4 is 17.5 Å². The number of aryl methyl sites for hydroxylation is 2. The first kappa shape index (κ1) is 21.7. The lowest BCUT2D eigenvalue weighted by molar-refractivity contribution is -0.121. The smallest absolute Gasteiger partial charge is 0.261 e. The second-order valence-corrected chi connectivity index (χ2v) is 7.56. The predicted molar refractivity (Wildman–Crippen MR) is 117 cm³/mol. The fourth-order valence-corrected chi connectivity index (χ4v) is 3.99. The molecule has 1 aliphatic heterocycles. The summed E-state index contributed by atoms with van der Waals surface area (Å²) >= 11 is 0. The largest absolute Gasteiger partial charge is 0.496 e. The summed E-state index contributed by atoms with van der Waals surface area (Å²) in [7, 11) is 3.08. The SMILES string of the molecule is CCc1cccc(C)c1NC(=O)C1CCN(C(=O)c2c(OC)cccc2OC)CC1. The highest BCUT2D eigenvalue weighted by Crippen LogP contribution is 2.31. The van der Waals surface area contributed by atoms with Gasteiger partial charge in [-0.1, -0.05) is 31.2 Å². The van der Waals surface area contributed by atoms with Gasteiger partial charge in [-0.25, -0.2) is 0 Å². The molecule has 160 valence electrons. The van der Waals surface area contributed by atoms with E-state index < -0.39 is 0 Å². The number of ether oxygens (including phenoxy) is 2. The topological polar surface area (TPSA) is 67.9 Å². The lowest BCUT2D eigenvalue weighted by Gasteiger charge is -2.32. The number of benzene rings is 2. The van der Waals surface area contributed by atoms with E-state index in [0.717, 1.165) is 23.2 Å². The van der Waals surface area contributed by atoms with E-state index in [-0.39, 0.29) is 17.7 Å². The molecule has 0 radical (unpaired) electrons. The third-order valence-electron chi connectivity index (χ3n) is 5.78. The number of nitrogens with one attached hydrogen (secondary N) is 1. The molecule has 0 saturated carbocycles. The zero-order valence-corrected chi connectivity index (χ0v) is 18.2. The summed E-state index contributed by atoms with van der Waals surface area (Å²) in [4.78, 5) is 27.8. The van der Waals surface area contributed by atoms with Crippen molar-refractivity contribution in [2.24, 2.45) is 5.92 Å². The van der Waals surface area contributed by atoms with Gasteiger partial charge in [0.1, 0.15) is 17.1 Å². The number of hydrogen-bond acceptors (Lipinski definition) is 4. The summed E-state index contributed by atoms with van der Waals surface area (Å²) < 4.78 is 10.7. The van der Waals surface area contributed by atoms with Crippen LogP contribution >= 0.6 is 0 Å². The molecule has 3 rings (SSSR count). The van der Waals surface area contributed by atoms with Crippen LogP contribution in [0.15, 0.2) is 36.4 Å². The average Bonchev–Trinajstić information content (AvgIpc) is 2.79. The molecule has 0 atom stereocenters. The zero-order valence-electron chi connectivity index (χ0n) is 18.2. The molecule has 0 bridgehead atoms. The highest BCUT2D eigenvalue weighted by atomic mass is 16.5. The molecule has 1 saturated heterocycles. The molecule has 1 heterocycles. The number of likely N-dealkylation sites (tertiary alicyclic amines) is 1. The lowest BCUT2D eigenvalue weighted by atomic mass is 9.94. The highest BCUT2D eigenvalue weighted by molar-refractivity contribution is 6.00. The fourth-order valence-electron chi connectivity index (χ4n) is 3.99. The van der Waals surface area contributed by atoms with Crippen molar-refractivity contribution < 1.29 is 19.1 Å². The van der Waals surface area contributed by atoms with Gasteiger partial charge in [-0.2, -0.15) is 0 Å². The highest BCUT2D eigenvalue weighted by Gasteiger charge is 2.30. The Bertz CT molecular complexity index is 895. The Hall–Kier alpha value is -3.02. The minimum absolute atomic E-state index is 0.0287. The molecule has 30 heavy (non-hydrogen) atoms. The maximum Gasteiger partial charge on any atom is 0.261 e. The van der Waals surface area contributed by atoms with Gasteiger partial charge >= 0.3 is 0 Å². The van der Waals surface area contributed by atoms with Crippen LogP contribution in [0.5, 0.6) is 11.5 Å². The van der Waals surface area contributed by atoms with Crippen LogP contribution in [-0.2, 0) is 11.2 Å². The quantitative estimate of drug-likeness (QED) is 0.780. The van der Waals surface area contributed by atoms with Crippen molar-refractivity contribution in [1.82, 2.24) is 4.90 Å². The molecule has 6 nitrogen and oxygen atoms in total. The van der Waals surface area contributed by atoms with E-state index in [1.165, 1.54) is 14.2 Å². The molecule has 0 aliphatic carbocycles. The number of anilines is 1. The van der Waals surface area contributed by atoms with E-state index in [0.29, 0.717) is 43.0 Å². The molecule has 1 aliphatic rings. The Morgan fingerprint density at radius 2 is 1.63 bits per heavy atom. The first-order chi connectivity index (χ1) is 14.5. The van der Waals surface area contributed by atoms with Crippen LogP contribution in [-0.4, -0.2) is 44.0 Å². The van der Waals surface area contributed by atoms with Crippen molar-refractivity contribution in [2.45, 2.75) is 33.1 Å². The van der Waals surface area contributed by atoms with Gasteiger partial charge in [0.2, 0.25) is 5.91 Å². The van der Waals surface area contributed by atoms with Gasteiger partial charge in [0, 0.05) is 24.7 Å². The standard InChI is InChI=1S/C24H30N2O4/c1-5-17-9-6-8-16(2)22(17)25-23(27)18-12-14-26(15-13-18)24(28)21-19(29-3)10-7-11-20(21)30-4/h6-11,18H,5,12-15H2,1-4H3,(H,25,27). The van der Waals surface area contributed by atoms with Crippen LogP contribution in [0.2, 0.25) is 0 Å². The Morgan fingerprint density at radius 3 is 2.20 bits per heavy atom. The molecule has 2 aromatic carbocycles. The minimum Gasteiger partial charge on any atom is -0.496 e. The zero-order chi connectivity index (χ0) is 21.7. The van der Waals surface area contributed by atoms with Crippen LogP contribution in [0.1, 0.15) is 41.3 Å². The van der Waals surface area contributed by atoms with Gasteiger partial charge in [0.15, 0.2) is 0 Å². The second-order valence-electron chi connectivity index (χ2n) is 7.56.